The van der Waals surface area contributed by atoms with Crippen molar-refractivity contribution in [3.05, 3.63) is 33.8 Å². The molecule has 0 aliphatic carbocycles. The molecular formula is C8H8BrF2O3P. The van der Waals surface area contributed by atoms with Crippen molar-refractivity contribution in [3.63, 3.8) is 0 Å². The lowest BCUT2D eigenvalue weighted by molar-refractivity contribution is 0.0557. The van der Waals surface area contributed by atoms with Gasteiger partial charge in [0.05, 0.1) is 0 Å². The van der Waals surface area contributed by atoms with E-state index in [0.717, 1.165) is 6.07 Å². The SMILES string of the molecule is Cc1ccc(Br)c(C(F)(F)P(=O)(O)O)c1. The number of alkyl halides is 2. The first-order valence-electron chi connectivity index (χ1n) is 3.86. The van der Waals surface area contributed by atoms with Gasteiger partial charge in [-0.3, -0.25) is 4.57 Å². The van der Waals surface area contributed by atoms with Crippen molar-refractivity contribution in [2.75, 3.05) is 0 Å². The molecule has 0 atom stereocenters. The minimum atomic E-state index is -5.50. The summed E-state index contributed by atoms with van der Waals surface area (Å²) in [6, 6.07) is 3.93. The Morgan fingerprint density at radius 3 is 2.40 bits per heavy atom. The summed E-state index contributed by atoms with van der Waals surface area (Å²) in [6.45, 7) is 1.56. The Bertz CT molecular complexity index is 430. The molecule has 15 heavy (non-hydrogen) atoms. The Labute approximate surface area is 93.4 Å². The fourth-order valence-electron chi connectivity index (χ4n) is 1.03. The van der Waals surface area contributed by atoms with Crippen LogP contribution >= 0.6 is 23.5 Å². The van der Waals surface area contributed by atoms with E-state index in [1.54, 1.807) is 13.0 Å². The topological polar surface area (TPSA) is 57.5 Å². The van der Waals surface area contributed by atoms with Crippen LogP contribution in [-0.4, -0.2) is 9.79 Å². The van der Waals surface area contributed by atoms with Gasteiger partial charge in [0.15, 0.2) is 0 Å². The lowest BCUT2D eigenvalue weighted by Gasteiger charge is -2.19. The molecule has 0 bridgehead atoms. The van der Waals surface area contributed by atoms with E-state index in [4.69, 9.17) is 9.79 Å². The molecule has 3 nitrogen and oxygen atoms in total. The van der Waals surface area contributed by atoms with Crippen molar-refractivity contribution in [2.45, 2.75) is 12.6 Å². The summed E-state index contributed by atoms with van der Waals surface area (Å²) in [5.74, 6) is 0. The zero-order valence-corrected chi connectivity index (χ0v) is 10.1. The van der Waals surface area contributed by atoms with Gasteiger partial charge in [-0.2, -0.15) is 8.78 Å². The summed E-state index contributed by atoms with van der Waals surface area (Å²) in [4.78, 5) is 17.1. The van der Waals surface area contributed by atoms with Crippen LogP contribution in [0.5, 0.6) is 0 Å². The lowest BCUT2D eigenvalue weighted by Crippen LogP contribution is -2.14. The summed E-state index contributed by atoms with van der Waals surface area (Å²) in [5, 5.41) is 0. The van der Waals surface area contributed by atoms with Crippen molar-refractivity contribution in [1.82, 2.24) is 0 Å². The molecule has 2 N–H and O–H groups in total. The molecule has 0 aliphatic heterocycles. The average molecular weight is 301 g/mol. The number of rotatable bonds is 2. The van der Waals surface area contributed by atoms with Gasteiger partial charge in [0.25, 0.3) is 0 Å². The van der Waals surface area contributed by atoms with Crippen LogP contribution in [0.2, 0.25) is 0 Å². The minimum absolute atomic E-state index is 0.0265. The van der Waals surface area contributed by atoms with E-state index in [0.29, 0.717) is 5.56 Å². The van der Waals surface area contributed by atoms with E-state index < -0.39 is 18.8 Å². The quantitative estimate of drug-likeness (QED) is 0.826. The predicted molar refractivity (Wildman–Crippen MR) is 54.8 cm³/mol. The maximum Gasteiger partial charge on any atom is 0.399 e. The zero-order chi connectivity index (χ0) is 11.9. The summed E-state index contributed by atoms with van der Waals surface area (Å²) in [5.41, 5.74) is -4.37. The Morgan fingerprint density at radius 2 is 1.93 bits per heavy atom. The molecule has 0 fully saturated rings. The van der Waals surface area contributed by atoms with Crippen LogP contribution in [0.25, 0.3) is 0 Å². The highest BCUT2D eigenvalue weighted by atomic mass is 79.9. The van der Waals surface area contributed by atoms with E-state index in [1.165, 1.54) is 6.07 Å². The maximum atomic E-state index is 13.3. The normalized spacial score (nSPS) is 12.9. The summed E-state index contributed by atoms with van der Waals surface area (Å²) in [6.07, 6.45) is 0. The molecule has 1 rings (SSSR count). The molecule has 0 amide bonds. The standard InChI is InChI=1S/C8H8BrF2O3P/c1-5-2-3-7(9)6(4-5)8(10,11)15(12,13)14/h2-4H,1H3,(H2,12,13,14). The minimum Gasteiger partial charge on any atom is -0.320 e. The van der Waals surface area contributed by atoms with E-state index in [2.05, 4.69) is 15.9 Å². The van der Waals surface area contributed by atoms with E-state index in [9.17, 15) is 13.3 Å². The highest BCUT2D eigenvalue weighted by Gasteiger charge is 2.51. The smallest absolute Gasteiger partial charge is 0.320 e. The number of halogens is 3. The Morgan fingerprint density at radius 1 is 1.40 bits per heavy atom. The second-order valence-corrected chi connectivity index (χ2v) is 5.57. The Hall–Kier alpha value is -0.290. The van der Waals surface area contributed by atoms with Crippen molar-refractivity contribution in [2.24, 2.45) is 0 Å². The number of hydrogen-bond donors (Lipinski definition) is 2. The molecule has 0 radical (unpaired) electrons. The van der Waals surface area contributed by atoms with E-state index in [1.807, 2.05) is 0 Å². The Kier molecular flexibility index (Phi) is 3.36. The van der Waals surface area contributed by atoms with Crippen molar-refractivity contribution in [3.8, 4) is 0 Å². The second-order valence-electron chi connectivity index (χ2n) is 3.07. The van der Waals surface area contributed by atoms with Gasteiger partial charge in [-0.1, -0.05) is 27.6 Å². The molecule has 0 aliphatic rings. The Balaban J connectivity index is 3.39. The van der Waals surface area contributed by atoms with Crippen LogP contribution in [0.15, 0.2) is 22.7 Å². The molecule has 0 unspecified atom stereocenters. The van der Waals surface area contributed by atoms with Gasteiger partial charge in [0.1, 0.15) is 0 Å². The van der Waals surface area contributed by atoms with Crippen LogP contribution in [0, 0.1) is 6.92 Å². The largest absolute Gasteiger partial charge is 0.399 e. The first kappa shape index (κ1) is 12.8. The van der Waals surface area contributed by atoms with Gasteiger partial charge >= 0.3 is 13.3 Å². The van der Waals surface area contributed by atoms with Crippen molar-refractivity contribution in [1.29, 1.82) is 0 Å². The van der Waals surface area contributed by atoms with Gasteiger partial charge in [-0.15, -0.1) is 0 Å². The summed E-state index contributed by atoms with van der Waals surface area (Å²) < 4.78 is 37.2. The van der Waals surface area contributed by atoms with Gasteiger partial charge in [0, 0.05) is 10.0 Å². The highest BCUT2D eigenvalue weighted by Crippen LogP contribution is 2.60. The van der Waals surface area contributed by atoms with Gasteiger partial charge < -0.3 is 9.79 Å². The molecule has 7 heteroatoms. The fraction of sp³-hybridized carbons (Fsp3) is 0.250. The first-order valence-corrected chi connectivity index (χ1v) is 6.27. The first-order chi connectivity index (χ1) is 6.66. The highest BCUT2D eigenvalue weighted by molar-refractivity contribution is 9.10. The summed E-state index contributed by atoms with van der Waals surface area (Å²) in [7, 11) is -5.50. The van der Waals surface area contributed by atoms with Crippen LogP contribution in [0.3, 0.4) is 0 Å². The third-order valence-corrected chi connectivity index (χ3v) is 3.48. The molecule has 0 aromatic heterocycles. The number of aryl methyl sites for hydroxylation is 1. The molecule has 1 aromatic carbocycles. The second kappa shape index (κ2) is 3.94. The molecule has 0 saturated carbocycles. The molecular weight excluding hydrogens is 293 g/mol. The molecule has 1 aromatic rings. The van der Waals surface area contributed by atoms with Crippen LogP contribution in [0.4, 0.5) is 8.78 Å². The van der Waals surface area contributed by atoms with Gasteiger partial charge in [-0.25, -0.2) is 0 Å². The molecule has 0 spiro atoms. The van der Waals surface area contributed by atoms with E-state index >= 15 is 0 Å². The van der Waals surface area contributed by atoms with Gasteiger partial charge in [-0.05, 0) is 19.1 Å². The van der Waals surface area contributed by atoms with Crippen LogP contribution in [0.1, 0.15) is 11.1 Å². The van der Waals surface area contributed by atoms with Crippen LogP contribution < -0.4 is 0 Å². The number of benzene rings is 1. The summed E-state index contributed by atoms with van der Waals surface area (Å²) >= 11 is 2.84. The van der Waals surface area contributed by atoms with Crippen LogP contribution in [-0.2, 0) is 10.2 Å². The zero-order valence-electron chi connectivity index (χ0n) is 7.62. The molecule has 0 saturated heterocycles. The fourth-order valence-corrected chi connectivity index (χ4v) is 2.17. The number of hydrogen-bond acceptors (Lipinski definition) is 1. The third kappa shape index (κ3) is 2.45. The third-order valence-electron chi connectivity index (χ3n) is 1.81. The monoisotopic (exact) mass is 300 g/mol. The van der Waals surface area contributed by atoms with E-state index in [-0.39, 0.29) is 4.47 Å². The van der Waals surface area contributed by atoms with Crippen molar-refractivity contribution < 1.29 is 23.1 Å². The lowest BCUT2D eigenvalue weighted by atomic mass is 10.1. The van der Waals surface area contributed by atoms with Gasteiger partial charge in [0.2, 0.25) is 0 Å². The van der Waals surface area contributed by atoms with Crippen molar-refractivity contribution >= 4 is 23.5 Å². The molecule has 84 valence electrons. The molecule has 0 heterocycles. The maximum absolute atomic E-state index is 13.3. The average Bonchev–Trinajstić information content (AvgIpc) is 2.07. The predicted octanol–water partition coefficient (Wildman–Crippen LogP) is 2.98.